The van der Waals surface area contributed by atoms with Crippen LogP contribution in [0.2, 0.25) is 0 Å². The first kappa shape index (κ1) is 23.0. The van der Waals surface area contributed by atoms with Crippen LogP contribution in [0.1, 0.15) is 6.04 Å². The molecule has 37 heavy (non-hydrogen) atoms. The standard InChI is InChI=1S/C26H20F3N5O3/c1-32-11-21(19-7-22(31-24(19)25(32)36)16-9-30-34(10-16)26(27,28)29)18-8-23(35)33(17-13-37-14-17)12-20(18)15-5-3-2-4-6-15/h2-12,17,31H,13-14H2,1H3. The van der Waals surface area contributed by atoms with E-state index in [2.05, 4.69) is 10.1 Å². The van der Waals surface area contributed by atoms with E-state index in [0.717, 1.165) is 23.5 Å². The highest BCUT2D eigenvalue weighted by Gasteiger charge is 2.32. The van der Waals surface area contributed by atoms with Gasteiger partial charge in [-0.15, -0.1) is 13.2 Å². The maximum Gasteiger partial charge on any atom is 0.504 e. The third kappa shape index (κ3) is 3.87. The molecule has 0 amide bonds. The second-order valence-corrected chi connectivity index (χ2v) is 8.98. The van der Waals surface area contributed by atoms with Crippen LogP contribution in [-0.4, -0.2) is 37.1 Å². The van der Waals surface area contributed by atoms with Crippen molar-refractivity contribution in [2.24, 2.45) is 7.05 Å². The first-order chi connectivity index (χ1) is 17.7. The van der Waals surface area contributed by atoms with Crippen molar-refractivity contribution < 1.29 is 17.9 Å². The predicted octanol–water partition coefficient (Wildman–Crippen LogP) is 4.27. The quantitative estimate of drug-likeness (QED) is 0.394. The van der Waals surface area contributed by atoms with Crippen LogP contribution >= 0.6 is 0 Å². The molecule has 4 aromatic heterocycles. The Morgan fingerprint density at radius 2 is 1.73 bits per heavy atom. The van der Waals surface area contributed by atoms with Crippen molar-refractivity contribution in [1.29, 1.82) is 0 Å². The normalized spacial score (nSPS) is 14.3. The molecule has 5 heterocycles. The topological polar surface area (TPSA) is 86.8 Å². The largest absolute Gasteiger partial charge is 0.504 e. The predicted molar refractivity (Wildman–Crippen MR) is 131 cm³/mol. The molecule has 8 nitrogen and oxygen atoms in total. The molecule has 0 bridgehead atoms. The Hall–Kier alpha value is -4.38. The highest BCUT2D eigenvalue weighted by molar-refractivity contribution is 6.00. The summed E-state index contributed by atoms with van der Waals surface area (Å²) in [6.45, 7) is 0.898. The van der Waals surface area contributed by atoms with Crippen LogP contribution in [0.5, 0.6) is 0 Å². The van der Waals surface area contributed by atoms with E-state index in [0.29, 0.717) is 35.4 Å². The van der Waals surface area contributed by atoms with Crippen molar-refractivity contribution in [2.45, 2.75) is 12.3 Å². The molecule has 1 N–H and O–H groups in total. The van der Waals surface area contributed by atoms with Gasteiger partial charge < -0.3 is 18.9 Å². The molecule has 0 unspecified atom stereocenters. The first-order valence-corrected chi connectivity index (χ1v) is 11.4. The van der Waals surface area contributed by atoms with Crippen molar-refractivity contribution in [3.8, 4) is 33.5 Å². The van der Waals surface area contributed by atoms with Crippen molar-refractivity contribution in [1.82, 2.24) is 23.9 Å². The van der Waals surface area contributed by atoms with E-state index < -0.39 is 6.30 Å². The van der Waals surface area contributed by atoms with Gasteiger partial charge in [0.05, 0.1) is 25.5 Å². The SMILES string of the molecule is Cn1cc(-c2cc(=O)n(C3COC3)cc2-c2ccccc2)c2cc(-c3cnn(C(F)(F)F)c3)[nH]c2c1=O. The molecule has 0 atom stereocenters. The molecule has 1 aromatic carbocycles. The smallest absolute Gasteiger partial charge is 0.377 e. The van der Waals surface area contributed by atoms with E-state index in [1.807, 2.05) is 30.3 Å². The molecule has 1 aliphatic rings. The number of nitrogens with zero attached hydrogens (tertiary/aromatic N) is 4. The number of aryl methyl sites for hydroxylation is 1. The summed E-state index contributed by atoms with van der Waals surface area (Å²) in [4.78, 5) is 29.1. The van der Waals surface area contributed by atoms with E-state index in [1.54, 1.807) is 30.1 Å². The van der Waals surface area contributed by atoms with Gasteiger partial charge in [0.1, 0.15) is 5.52 Å². The molecule has 1 aliphatic heterocycles. The lowest BCUT2D eigenvalue weighted by Crippen LogP contribution is -2.37. The van der Waals surface area contributed by atoms with E-state index in [9.17, 15) is 22.8 Å². The van der Waals surface area contributed by atoms with Crippen LogP contribution in [0.3, 0.4) is 0 Å². The van der Waals surface area contributed by atoms with Gasteiger partial charge in [0.2, 0.25) is 0 Å². The molecule has 1 saturated heterocycles. The number of ether oxygens (including phenoxy) is 1. The number of alkyl halides is 3. The van der Waals surface area contributed by atoms with E-state index in [1.165, 1.54) is 10.6 Å². The molecule has 0 aliphatic carbocycles. The summed E-state index contributed by atoms with van der Waals surface area (Å²) < 4.78 is 47.5. The lowest BCUT2D eigenvalue weighted by atomic mass is 9.95. The minimum atomic E-state index is -4.66. The summed E-state index contributed by atoms with van der Waals surface area (Å²) in [7, 11) is 1.59. The Balaban J connectivity index is 1.60. The fraction of sp³-hybridized carbons (Fsp3) is 0.192. The number of pyridine rings is 2. The Morgan fingerprint density at radius 1 is 0.973 bits per heavy atom. The van der Waals surface area contributed by atoms with Gasteiger partial charge in [-0.3, -0.25) is 9.59 Å². The van der Waals surface area contributed by atoms with Gasteiger partial charge in [0.25, 0.3) is 11.1 Å². The molecule has 188 valence electrons. The number of rotatable bonds is 4. The van der Waals surface area contributed by atoms with Crippen molar-refractivity contribution in [3.05, 3.63) is 88.0 Å². The van der Waals surface area contributed by atoms with E-state index >= 15 is 0 Å². The fourth-order valence-electron chi connectivity index (χ4n) is 4.59. The van der Waals surface area contributed by atoms with Crippen LogP contribution in [0.25, 0.3) is 44.4 Å². The van der Waals surface area contributed by atoms with Gasteiger partial charge in [0, 0.05) is 59.5 Å². The number of hydrogen-bond acceptors (Lipinski definition) is 4. The summed E-state index contributed by atoms with van der Waals surface area (Å²) in [5.41, 5.74) is 2.96. The van der Waals surface area contributed by atoms with Gasteiger partial charge >= 0.3 is 6.30 Å². The van der Waals surface area contributed by atoms with Gasteiger partial charge in [-0.2, -0.15) is 9.78 Å². The Morgan fingerprint density at radius 3 is 2.38 bits per heavy atom. The monoisotopic (exact) mass is 507 g/mol. The van der Waals surface area contributed by atoms with Crippen LogP contribution in [0.4, 0.5) is 13.2 Å². The number of H-pyrrole nitrogens is 1. The van der Waals surface area contributed by atoms with Crippen LogP contribution < -0.4 is 11.1 Å². The zero-order valence-corrected chi connectivity index (χ0v) is 19.5. The Bertz CT molecular complexity index is 1760. The first-order valence-electron chi connectivity index (χ1n) is 11.4. The summed E-state index contributed by atoms with van der Waals surface area (Å²) in [5, 5.41) is 3.88. The molecule has 0 spiro atoms. The van der Waals surface area contributed by atoms with Gasteiger partial charge in [-0.1, -0.05) is 30.3 Å². The van der Waals surface area contributed by atoms with Gasteiger partial charge in [-0.05, 0) is 17.2 Å². The number of hydrogen-bond donors (Lipinski definition) is 1. The number of halogens is 3. The van der Waals surface area contributed by atoms with Gasteiger partial charge in [0.15, 0.2) is 0 Å². The highest BCUT2D eigenvalue weighted by Crippen LogP contribution is 2.37. The molecule has 1 fully saturated rings. The van der Waals surface area contributed by atoms with Crippen molar-refractivity contribution in [3.63, 3.8) is 0 Å². The Kier molecular flexibility index (Phi) is 5.19. The molecule has 11 heteroatoms. The minimum absolute atomic E-state index is 0.0619. The number of benzene rings is 1. The van der Waals surface area contributed by atoms with E-state index in [-0.39, 0.29) is 32.9 Å². The number of aromatic nitrogens is 5. The summed E-state index contributed by atoms with van der Waals surface area (Å²) in [5.74, 6) is 0. The second-order valence-electron chi connectivity index (χ2n) is 8.98. The van der Waals surface area contributed by atoms with E-state index in [4.69, 9.17) is 4.74 Å². The third-order valence-electron chi connectivity index (χ3n) is 6.59. The van der Waals surface area contributed by atoms with Crippen LogP contribution in [0, 0.1) is 0 Å². The maximum atomic E-state index is 13.2. The maximum absolute atomic E-state index is 13.2. The number of nitrogens with one attached hydrogen (secondary N) is 1. The van der Waals surface area contributed by atoms with Crippen molar-refractivity contribution in [2.75, 3.05) is 13.2 Å². The average molecular weight is 507 g/mol. The summed E-state index contributed by atoms with van der Waals surface area (Å²) >= 11 is 0. The lowest BCUT2D eigenvalue weighted by molar-refractivity contribution is -0.212. The molecular formula is C26H20F3N5O3. The van der Waals surface area contributed by atoms with Crippen LogP contribution in [0.15, 0.2) is 76.8 Å². The van der Waals surface area contributed by atoms with Crippen molar-refractivity contribution >= 4 is 10.9 Å². The minimum Gasteiger partial charge on any atom is -0.377 e. The number of fused-ring (bicyclic) bond motifs is 1. The Labute approximate surface area is 207 Å². The zero-order chi connectivity index (χ0) is 25.9. The molecule has 0 saturated carbocycles. The molecule has 0 radical (unpaired) electrons. The summed E-state index contributed by atoms with van der Waals surface area (Å²) in [6, 6.07) is 12.6. The second kappa shape index (κ2) is 8.34. The lowest BCUT2D eigenvalue weighted by Gasteiger charge is -2.29. The fourth-order valence-corrected chi connectivity index (χ4v) is 4.59. The molecular weight excluding hydrogens is 487 g/mol. The average Bonchev–Trinajstić information content (AvgIpc) is 3.50. The zero-order valence-electron chi connectivity index (χ0n) is 19.5. The van der Waals surface area contributed by atoms with Crippen LogP contribution in [-0.2, 0) is 18.1 Å². The summed E-state index contributed by atoms with van der Waals surface area (Å²) in [6.07, 6.45) is 0.717. The molecule has 5 aromatic rings. The number of aromatic amines is 1. The molecule has 6 rings (SSSR count). The van der Waals surface area contributed by atoms with Gasteiger partial charge in [-0.25, -0.2) is 0 Å². The highest BCUT2D eigenvalue weighted by atomic mass is 19.4. The third-order valence-corrected chi connectivity index (χ3v) is 6.59.